The highest BCUT2D eigenvalue weighted by atomic mass is 32.1. The molecule has 0 fully saturated rings. The van der Waals surface area contributed by atoms with Gasteiger partial charge in [-0.3, -0.25) is 9.59 Å². The van der Waals surface area contributed by atoms with Crippen LogP contribution in [0.15, 0.2) is 60.7 Å². The molecular weight excluding hydrogens is 604 g/mol. The standard InChI is InChI=1S/C29H28F4N6O4S/c30-18-43-23-9-4-6-20(14-23)15-25(40)34-24-12-11-21(36-37-24)7-1-2-10-27-38-39-28(44-27)35-26(41)16-19-5-3-8-22(13-19)42-17-29(31,32)33/h3-6,8-9,11-14H,1-2,7,10,15-18H2,(H,34,37,40)(H,35,39,41). The number of amides is 2. The van der Waals surface area contributed by atoms with E-state index in [9.17, 15) is 27.2 Å². The number of nitrogens with zero attached hydrogens (tertiary/aromatic N) is 4. The molecule has 44 heavy (non-hydrogen) atoms. The Hall–Kier alpha value is -4.66. The van der Waals surface area contributed by atoms with Crippen molar-refractivity contribution in [2.24, 2.45) is 0 Å². The van der Waals surface area contributed by atoms with Crippen LogP contribution in [0.2, 0.25) is 0 Å². The highest BCUT2D eigenvalue weighted by Crippen LogP contribution is 2.21. The second-order valence-corrected chi connectivity index (χ2v) is 10.6. The Bertz CT molecular complexity index is 1530. The highest BCUT2D eigenvalue weighted by Gasteiger charge is 2.28. The quantitative estimate of drug-likeness (QED) is 0.130. The summed E-state index contributed by atoms with van der Waals surface area (Å²) in [6.07, 6.45) is -1.55. The molecule has 10 nitrogen and oxygen atoms in total. The topological polar surface area (TPSA) is 128 Å². The van der Waals surface area contributed by atoms with E-state index in [0.717, 1.165) is 23.5 Å². The van der Waals surface area contributed by atoms with Crippen molar-refractivity contribution in [3.8, 4) is 11.5 Å². The number of benzene rings is 2. The summed E-state index contributed by atoms with van der Waals surface area (Å²) in [4.78, 5) is 24.7. The summed E-state index contributed by atoms with van der Waals surface area (Å²) < 4.78 is 59.0. The number of hydrogen-bond donors (Lipinski definition) is 2. The molecule has 4 aromatic rings. The lowest BCUT2D eigenvalue weighted by molar-refractivity contribution is -0.153. The number of anilines is 2. The van der Waals surface area contributed by atoms with Gasteiger partial charge < -0.3 is 20.1 Å². The lowest BCUT2D eigenvalue weighted by Crippen LogP contribution is -2.19. The monoisotopic (exact) mass is 632 g/mol. The van der Waals surface area contributed by atoms with Gasteiger partial charge in [0.25, 0.3) is 0 Å². The van der Waals surface area contributed by atoms with E-state index < -0.39 is 19.6 Å². The minimum atomic E-state index is -4.45. The number of hydrogen-bond acceptors (Lipinski definition) is 9. The van der Waals surface area contributed by atoms with Crippen LogP contribution < -0.4 is 20.1 Å². The summed E-state index contributed by atoms with van der Waals surface area (Å²) in [6, 6.07) is 16.0. The first kappa shape index (κ1) is 32.3. The van der Waals surface area contributed by atoms with Crippen molar-refractivity contribution in [2.75, 3.05) is 24.1 Å². The minimum Gasteiger partial charge on any atom is -0.484 e. The van der Waals surface area contributed by atoms with Crippen LogP contribution in [-0.4, -0.2) is 51.9 Å². The Kier molecular flexibility index (Phi) is 11.5. The van der Waals surface area contributed by atoms with E-state index >= 15 is 0 Å². The van der Waals surface area contributed by atoms with Crippen molar-refractivity contribution in [3.05, 3.63) is 82.5 Å². The van der Waals surface area contributed by atoms with Crippen LogP contribution in [0.1, 0.15) is 34.7 Å². The van der Waals surface area contributed by atoms with E-state index in [0.29, 0.717) is 40.7 Å². The number of unbranched alkanes of at least 4 members (excludes halogenated alkanes) is 1. The molecule has 2 aromatic carbocycles. The zero-order valence-electron chi connectivity index (χ0n) is 23.3. The van der Waals surface area contributed by atoms with Crippen molar-refractivity contribution in [3.63, 3.8) is 0 Å². The van der Waals surface area contributed by atoms with Crippen LogP contribution in [0.5, 0.6) is 11.5 Å². The zero-order chi connectivity index (χ0) is 31.4. The molecule has 2 N–H and O–H groups in total. The van der Waals surface area contributed by atoms with Gasteiger partial charge in [-0.2, -0.15) is 18.3 Å². The second kappa shape index (κ2) is 15.7. The summed E-state index contributed by atoms with van der Waals surface area (Å²) in [6.45, 7) is -2.35. The molecule has 0 aliphatic rings. The van der Waals surface area contributed by atoms with E-state index in [1.807, 2.05) is 0 Å². The maximum atomic E-state index is 12.4. The third kappa shape index (κ3) is 11.2. The lowest BCUT2D eigenvalue weighted by atomic mass is 10.1. The molecule has 232 valence electrons. The van der Waals surface area contributed by atoms with Gasteiger partial charge >= 0.3 is 6.18 Å². The normalized spacial score (nSPS) is 11.2. The lowest BCUT2D eigenvalue weighted by Gasteiger charge is -2.10. The summed E-state index contributed by atoms with van der Waals surface area (Å²) >= 11 is 1.25. The number of carbonyl (C=O) groups excluding carboxylic acids is 2. The van der Waals surface area contributed by atoms with Crippen LogP contribution in [-0.2, 0) is 35.3 Å². The molecule has 0 radical (unpaired) electrons. The summed E-state index contributed by atoms with van der Waals surface area (Å²) in [5.74, 6) is 0.0257. The predicted molar refractivity (Wildman–Crippen MR) is 154 cm³/mol. The molecule has 2 amide bonds. The molecule has 4 rings (SSSR count). The van der Waals surface area contributed by atoms with E-state index in [1.54, 1.807) is 42.5 Å². The summed E-state index contributed by atoms with van der Waals surface area (Å²) in [5, 5.41) is 22.7. The second-order valence-electron chi connectivity index (χ2n) is 9.52. The molecule has 2 aromatic heterocycles. The van der Waals surface area contributed by atoms with Crippen molar-refractivity contribution in [2.45, 2.75) is 44.7 Å². The number of nitrogens with one attached hydrogen (secondary N) is 2. The van der Waals surface area contributed by atoms with Gasteiger partial charge in [-0.25, -0.2) is 4.39 Å². The summed E-state index contributed by atoms with van der Waals surface area (Å²) in [5.41, 5.74) is 1.93. The minimum absolute atomic E-state index is 0.0285. The maximum absolute atomic E-state index is 12.4. The first-order chi connectivity index (χ1) is 21.1. The molecule has 0 spiro atoms. The molecule has 2 heterocycles. The van der Waals surface area contributed by atoms with Crippen molar-refractivity contribution >= 4 is 34.1 Å². The molecule has 0 unspecified atom stereocenters. The van der Waals surface area contributed by atoms with Crippen LogP contribution in [0.3, 0.4) is 0 Å². The average Bonchev–Trinajstić information content (AvgIpc) is 3.42. The number of alkyl halides is 4. The number of aromatic nitrogens is 4. The van der Waals surface area contributed by atoms with Crippen LogP contribution in [0.4, 0.5) is 28.5 Å². The zero-order valence-corrected chi connectivity index (χ0v) is 24.1. The SMILES string of the molecule is O=C(Cc1cccc(OCF)c1)Nc1ccc(CCCCc2nnc(NC(=O)Cc3cccc(OCC(F)(F)F)c3)s2)nn1. The number of rotatable bonds is 15. The largest absolute Gasteiger partial charge is 0.484 e. The molecule has 0 aliphatic heterocycles. The molecule has 15 heteroatoms. The van der Waals surface area contributed by atoms with Gasteiger partial charge in [0.1, 0.15) is 16.5 Å². The number of halogens is 4. The fourth-order valence-corrected chi connectivity index (χ4v) is 4.79. The fourth-order valence-electron chi connectivity index (χ4n) is 3.99. The molecule has 0 saturated heterocycles. The first-order valence-electron chi connectivity index (χ1n) is 13.5. The van der Waals surface area contributed by atoms with Gasteiger partial charge in [0.05, 0.1) is 18.5 Å². The predicted octanol–water partition coefficient (Wildman–Crippen LogP) is 5.50. The van der Waals surface area contributed by atoms with Gasteiger partial charge in [-0.15, -0.1) is 15.3 Å². The Morgan fingerprint density at radius 3 is 2.07 bits per heavy atom. The Morgan fingerprint density at radius 2 is 1.43 bits per heavy atom. The molecule has 0 bridgehead atoms. The van der Waals surface area contributed by atoms with Crippen LogP contribution >= 0.6 is 11.3 Å². The smallest absolute Gasteiger partial charge is 0.422 e. The third-order valence-corrected chi connectivity index (χ3v) is 6.82. The first-order valence-corrected chi connectivity index (χ1v) is 14.3. The molecule has 0 saturated carbocycles. The van der Waals surface area contributed by atoms with E-state index in [2.05, 4.69) is 31.0 Å². The average molecular weight is 633 g/mol. The van der Waals surface area contributed by atoms with E-state index in [-0.39, 0.29) is 30.4 Å². The Morgan fingerprint density at radius 1 is 0.773 bits per heavy atom. The van der Waals surface area contributed by atoms with E-state index in [1.165, 1.54) is 29.5 Å². The number of carbonyl (C=O) groups is 2. The Balaban J connectivity index is 1.14. The van der Waals surface area contributed by atoms with Crippen molar-refractivity contribution < 1.29 is 36.6 Å². The summed E-state index contributed by atoms with van der Waals surface area (Å²) in [7, 11) is 0. The molecule has 0 atom stereocenters. The van der Waals surface area contributed by atoms with Crippen LogP contribution in [0.25, 0.3) is 0 Å². The van der Waals surface area contributed by atoms with Gasteiger partial charge in [0, 0.05) is 6.42 Å². The highest BCUT2D eigenvalue weighted by molar-refractivity contribution is 7.15. The third-order valence-electron chi connectivity index (χ3n) is 5.92. The van der Waals surface area contributed by atoms with E-state index in [4.69, 9.17) is 9.47 Å². The Labute approximate surface area is 253 Å². The molecule has 0 aliphatic carbocycles. The fraction of sp³-hybridized carbons (Fsp3) is 0.310. The van der Waals surface area contributed by atoms with Crippen molar-refractivity contribution in [1.82, 2.24) is 20.4 Å². The van der Waals surface area contributed by atoms with Gasteiger partial charge in [0.15, 0.2) is 12.4 Å². The number of ether oxygens (including phenoxy) is 2. The van der Waals surface area contributed by atoms with Gasteiger partial charge in [-0.1, -0.05) is 35.6 Å². The van der Waals surface area contributed by atoms with Crippen molar-refractivity contribution in [1.29, 1.82) is 0 Å². The number of aryl methyl sites for hydroxylation is 2. The van der Waals surface area contributed by atoms with Gasteiger partial charge in [0.2, 0.25) is 23.8 Å². The van der Waals surface area contributed by atoms with Gasteiger partial charge in [-0.05, 0) is 66.8 Å². The maximum Gasteiger partial charge on any atom is 0.422 e. The van der Waals surface area contributed by atoms with Crippen LogP contribution in [0, 0.1) is 0 Å². The molecular formula is C29H28F4N6O4S.